The van der Waals surface area contributed by atoms with E-state index in [4.69, 9.17) is 0 Å². The van der Waals surface area contributed by atoms with Crippen molar-refractivity contribution in [1.29, 1.82) is 0 Å². The van der Waals surface area contributed by atoms with E-state index in [9.17, 15) is 4.79 Å². The second kappa shape index (κ2) is 3.20. The van der Waals surface area contributed by atoms with Crippen molar-refractivity contribution in [3.63, 3.8) is 0 Å². The van der Waals surface area contributed by atoms with Gasteiger partial charge >= 0.3 is 0 Å². The maximum Gasteiger partial charge on any atom is 0.275 e. The number of hydrogen-bond donors (Lipinski definition) is 0. The van der Waals surface area contributed by atoms with Gasteiger partial charge in [-0.25, -0.2) is 4.68 Å². The van der Waals surface area contributed by atoms with Gasteiger partial charge in [0.25, 0.3) is 5.56 Å². The smallest absolute Gasteiger partial charge is 0.267 e. The fourth-order valence-electron chi connectivity index (χ4n) is 1.34. The summed E-state index contributed by atoms with van der Waals surface area (Å²) in [6, 6.07) is 1.98. The van der Waals surface area contributed by atoms with Crippen LogP contribution in [0.5, 0.6) is 0 Å². The molecule has 2 heterocycles. The van der Waals surface area contributed by atoms with Crippen LogP contribution in [-0.4, -0.2) is 9.78 Å². The molecule has 0 unspecified atom stereocenters. The lowest BCUT2D eigenvalue weighted by Gasteiger charge is -1.95. The predicted molar refractivity (Wildman–Crippen MR) is 59.0 cm³/mol. The quantitative estimate of drug-likeness (QED) is 0.719. The van der Waals surface area contributed by atoms with E-state index < -0.39 is 0 Å². The van der Waals surface area contributed by atoms with Gasteiger partial charge in [0.05, 0.1) is 16.3 Å². The molecule has 0 saturated heterocycles. The molecule has 3 nitrogen and oxygen atoms in total. The van der Waals surface area contributed by atoms with E-state index in [0.717, 1.165) is 10.1 Å². The second-order valence-electron chi connectivity index (χ2n) is 3.65. The number of thiophene rings is 1. The summed E-state index contributed by atoms with van der Waals surface area (Å²) in [6.45, 7) is 4.26. The van der Waals surface area contributed by atoms with Crippen molar-refractivity contribution in [2.45, 2.75) is 19.8 Å². The van der Waals surface area contributed by atoms with Crippen molar-refractivity contribution < 1.29 is 0 Å². The standard InChI is InChI=1S/C10H12N2OS/c1-6(2)8-4-7-9(14-8)5-11-12(3)10(7)13/h4-6H,1-3H3. The molecule has 0 spiro atoms. The van der Waals surface area contributed by atoms with Crippen molar-refractivity contribution in [2.75, 3.05) is 0 Å². The Bertz CT molecular complexity index is 524. The van der Waals surface area contributed by atoms with Gasteiger partial charge in [0, 0.05) is 11.9 Å². The minimum Gasteiger partial charge on any atom is -0.267 e. The van der Waals surface area contributed by atoms with Crippen LogP contribution in [0.3, 0.4) is 0 Å². The van der Waals surface area contributed by atoms with Crippen LogP contribution >= 0.6 is 11.3 Å². The third kappa shape index (κ3) is 1.35. The first-order chi connectivity index (χ1) is 6.59. The van der Waals surface area contributed by atoms with E-state index in [2.05, 4.69) is 18.9 Å². The molecule has 0 saturated carbocycles. The highest BCUT2D eigenvalue weighted by molar-refractivity contribution is 7.19. The summed E-state index contributed by atoms with van der Waals surface area (Å²) >= 11 is 1.65. The number of hydrogen-bond acceptors (Lipinski definition) is 3. The summed E-state index contributed by atoms with van der Waals surface area (Å²) in [4.78, 5) is 12.9. The molecule has 2 aromatic heterocycles. The highest BCUT2D eigenvalue weighted by Gasteiger charge is 2.08. The Morgan fingerprint density at radius 3 is 2.86 bits per heavy atom. The molecule has 0 atom stereocenters. The molecule has 0 aliphatic carbocycles. The maximum absolute atomic E-state index is 11.7. The summed E-state index contributed by atoms with van der Waals surface area (Å²) in [5, 5.41) is 4.78. The van der Waals surface area contributed by atoms with Gasteiger partial charge in [-0.15, -0.1) is 11.3 Å². The van der Waals surface area contributed by atoms with Crippen molar-refractivity contribution in [2.24, 2.45) is 7.05 Å². The SMILES string of the molecule is CC(C)c1cc2c(=O)n(C)ncc2s1. The number of fused-ring (bicyclic) bond motifs is 1. The first-order valence-corrected chi connectivity index (χ1v) is 5.37. The van der Waals surface area contributed by atoms with Crippen LogP contribution in [0.25, 0.3) is 10.1 Å². The molecular formula is C10H12N2OS. The van der Waals surface area contributed by atoms with Crippen molar-refractivity contribution >= 4 is 21.4 Å². The van der Waals surface area contributed by atoms with Crippen LogP contribution < -0.4 is 5.56 Å². The highest BCUT2D eigenvalue weighted by Crippen LogP contribution is 2.27. The van der Waals surface area contributed by atoms with Gasteiger partial charge in [-0.05, 0) is 12.0 Å². The van der Waals surface area contributed by atoms with Crippen molar-refractivity contribution in [3.05, 3.63) is 27.5 Å². The average molecular weight is 208 g/mol. The topological polar surface area (TPSA) is 34.9 Å². The zero-order valence-electron chi connectivity index (χ0n) is 8.44. The second-order valence-corrected chi connectivity index (χ2v) is 4.77. The molecule has 2 rings (SSSR count). The molecule has 0 N–H and O–H groups in total. The average Bonchev–Trinajstić information content (AvgIpc) is 2.56. The first kappa shape index (κ1) is 9.40. The lowest BCUT2D eigenvalue weighted by atomic mass is 10.2. The summed E-state index contributed by atoms with van der Waals surface area (Å²) < 4.78 is 2.36. The Morgan fingerprint density at radius 2 is 2.21 bits per heavy atom. The summed E-state index contributed by atoms with van der Waals surface area (Å²) in [7, 11) is 1.68. The Hall–Kier alpha value is -1.16. The summed E-state index contributed by atoms with van der Waals surface area (Å²) in [6.07, 6.45) is 1.76. The fraction of sp³-hybridized carbons (Fsp3) is 0.400. The lowest BCUT2D eigenvalue weighted by Crippen LogP contribution is -2.17. The van der Waals surface area contributed by atoms with Crippen LogP contribution in [0, 0.1) is 0 Å². The molecule has 4 heteroatoms. The number of nitrogens with zero attached hydrogens (tertiary/aromatic N) is 2. The van der Waals surface area contributed by atoms with Gasteiger partial charge in [0.2, 0.25) is 0 Å². The Morgan fingerprint density at radius 1 is 1.50 bits per heavy atom. The molecular weight excluding hydrogens is 196 g/mol. The zero-order valence-corrected chi connectivity index (χ0v) is 9.26. The van der Waals surface area contributed by atoms with Crippen molar-refractivity contribution in [1.82, 2.24) is 9.78 Å². The van der Waals surface area contributed by atoms with Gasteiger partial charge in [0.1, 0.15) is 0 Å². The third-order valence-electron chi connectivity index (χ3n) is 2.22. The van der Waals surface area contributed by atoms with Crippen LogP contribution in [0.1, 0.15) is 24.6 Å². The normalized spacial score (nSPS) is 11.4. The van der Waals surface area contributed by atoms with E-state index in [1.807, 2.05) is 6.07 Å². The first-order valence-electron chi connectivity index (χ1n) is 4.55. The molecule has 0 amide bonds. The largest absolute Gasteiger partial charge is 0.275 e. The zero-order chi connectivity index (χ0) is 10.3. The van der Waals surface area contributed by atoms with E-state index >= 15 is 0 Å². The van der Waals surface area contributed by atoms with E-state index in [1.54, 1.807) is 24.6 Å². The van der Waals surface area contributed by atoms with Crippen LogP contribution in [0.15, 0.2) is 17.1 Å². The van der Waals surface area contributed by atoms with Crippen LogP contribution in [-0.2, 0) is 7.05 Å². The van der Waals surface area contributed by atoms with Crippen LogP contribution in [0.2, 0.25) is 0 Å². The summed E-state index contributed by atoms with van der Waals surface area (Å²) in [5.74, 6) is 0.470. The maximum atomic E-state index is 11.7. The predicted octanol–water partition coefficient (Wildman–Crippen LogP) is 2.12. The molecule has 74 valence electrons. The number of aryl methyl sites for hydroxylation is 1. The monoisotopic (exact) mass is 208 g/mol. The van der Waals surface area contributed by atoms with Crippen molar-refractivity contribution in [3.8, 4) is 0 Å². The summed E-state index contributed by atoms with van der Waals surface area (Å²) in [5.41, 5.74) is -0.00866. The molecule has 0 bridgehead atoms. The van der Waals surface area contributed by atoms with E-state index in [1.165, 1.54) is 9.56 Å². The Kier molecular flexibility index (Phi) is 2.15. The number of rotatable bonds is 1. The molecule has 0 radical (unpaired) electrons. The van der Waals surface area contributed by atoms with Gasteiger partial charge in [-0.1, -0.05) is 13.8 Å². The van der Waals surface area contributed by atoms with Crippen LogP contribution in [0.4, 0.5) is 0 Å². The van der Waals surface area contributed by atoms with Gasteiger partial charge in [0.15, 0.2) is 0 Å². The fourth-order valence-corrected chi connectivity index (χ4v) is 2.36. The van der Waals surface area contributed by atoms with E-state index in [0.29, 0.717) is 5.92 Å². The van der Waals surface area contributed by atoms with E-state index in [-0.39, 0.29) is 5.56 Å². The highest BCUT2D eigenvalue weighted by atomic mass is 32.1. The van der Waals surface area contributed by atoms with Gasteiger partial charge in [-0.2, -0.15) is 5.10 Å². The van der Waals surface area contributed by atoms with Gasteiger partial charge in [-0.3, -0.25) is 4.79 Å². The molecule has 2 aromatic rings. The Balaban J connectivity index is 2.78. The lowest BCUT2D eigenvalue weighted by molar-refractivity contribution is 0.719. The molecule has 14 heavy (non-hydrogen) atoms. The number of aromatic nitrogens is 2. The molecule has 0 fully saturated rings. The Labute approximate surface area is 86.0 Å². The van der Waals surface area contributed by atoms with Gasteiger partial charge < -0.3 is 0 Å². The molecule has 0 aliphatic rings. The molecule has 0 aliphatic heterocycles. The minimum atomic E-state index is -0.00866. The third-order valence-corrected chi connectivity index (χ3v) is 3.59. The minimum absolute atomic E-state index is 0.00866. The molecule has 0 aromatic carbocycles.